The first-order valence-corrected chi connectivity index (χ1v) is 95.1. The van der Waals surface area contributed by atoms with Crippen molar-refractivity contribution < 1.29 is 0 Å². The van der Waals surface area contributed by atoms with Crippen LogP contribution in [0.25, 0.3) is 0 Å². The van der Waals surface area contributed by atoms with Gasteiger partial charge in [-0.15, -0.1) is 0 Å². The van der Waals surface area contributed by atoms with Crippen LogP contribution in [-0.2, 0) is 0 Å². The normalized spacial score (nSPS) is 13.5. The van der Waals surface area contributed by atoms with Crippen LogP contribution in [0.2, 0.25) is 334 Å². The number of hydrogen-bond acceptors (Lipinski definition) is 7. The van der Waals surface area contributed by atoms with E-state index in [1.165, 1.54) is 5.96 Å². The lowest BCUT2D eigenvalue weighted by atomic mass is 10.7. The number of guanidine groups is 7. The molecule has 38 heteroatoms. The van der Waals surface area contributed by atoms with Crippen LogP contribution >= 0.6 is 0 Å². The minimum absolute atomic E-state index is 0.212. The highest BCUT2D eigenvalue weighted by molar-refractivity contribution is 6.99. The molecule has 100 heavy (non-hydrogen) atoms. The Kier molecular flexibility index (Phi) is 46.1. The SMILES string of the molecule is CN(C)C(=N)N(C)C.C[Si](C)(C)N(C(=N)N([Si](C)(C)C)[Si](C)(C)C)[Si](C)(C)C.C[Si](C)(C)N=C(N([Si](C)(C)C)[Si](C)(C)C)N([Si](C)(C)C)[Si](C)(C)C.C[Si](C)(C)N=C(N)N.C[Si](C)(C)N=C(N)N[Si](C)(C)C.C[Si](C)(C)N=C(N)N[Si](C)(C)C.C[Si](C)(C)N=C(N[Si](C)(C)C)N[Si](C)(C)C. The summed E-state index contributed by atoms with van der Waals surface area (Å²) in [6.07, 6.45) is 0. The van der Waals surface area contributed by atoms with Gasteiger partial charge in [-0.1, -0.05) is 236 Å². The van der Waals surface area contributed by atoms with Gasteiger partial charge in [0.1, 0.15) is 98.8 Å². The number of nitrogens with one attached hydrogen (secondary N) is 6. The van der Waals surface area contributed by atoms with Crippen molar-refractivity contribution in [3.05, 3.63) is 0 Å². The fourth-order valence-corrected chi connectivity index (χ4v) is 57.7. The van der Waals surface area contributed by atoms with Gasteiger partial charge in [-0.05, 0) is 98.2 Å². The summed E-state index contributed by atoms with van der Waals surface area (Å²) in [4.78, 5) is 17.3. The van der Waals surface area contributed by atoms with Crippen molar-refractivity contribution in [1.29, 1.82) is 10.8 Å². The Bertz CT molecular complexity index is 2360. The maximum absolute atomic E-state index is 9.02. The standard InChI is InChI=1S/C16H45N3Si5.C13H37N3Si4.C10H29N3Si3.2C7H21N3Si2.C5H13N3.C4H13N3Si/c1-20(2,3)17-16(18(21(4,5)6)22(7,8)9)19(23(10,11)12)24(13,14)15;1-17(2,3)15(18(4,5)6)13(14)16(19(7,8)9)20(10,11)12;1-14(2,3)11-10(12-15(4,5)6)13-16(7,8)9;2*1-11(2,3)9-7(8)10-12(4,5)6;1-7(2)5(6)8(3)4;1-8(2,3)7-4(5)6/h1-15H3;14H,1-12H3;1-9H3,(H2,11,12,13);2*1-6H3,(H3,8,9,10);6H,1-4H3;1-3H3,(H4,5,6,7). The first-order valence-electron chi connectivity index (χ1n) is 36.3. The van der Waals surface area contributed by atoms with Crippen LogP contribution in [0, 0.1) is 10.8 Å². The second-order valence-corrected chi connectivity index (χ2v) is 126. The summed E-state index contributed by atoms with van der Waals surface area (Å²) in [5, 5.41) is 16.3. The molecule has 0 aromatic heterocycles. The molecule has 600 valence electrons. The first-order chi connectivity index (χ1) is 42.4. The third kappa shape index (κ3) is 66.0. The zero-order valence-electron chi connectivity index (χ0n) is 77.2. The average molecular weight is 1700 g/mol. The minimum atomic E-state index is -1.57. The molecular weight excluding hydrogens is 1520 g/mol. The van der Waals surface area contributed by atoms with Gasteiger partial charge in [0.2, 0.25) is 0 Å². The van der Waals surface area contributed by atoms with Crippen molar-refractivity contribution in [3.63, 3.8) is 0 Å². The van der Waals surface area contributed by atoms with Crippen LogP contribution in [0.15, 0.2) is 23.3 Å². The molecule has 0 atom stereocenters. The minimum Gasteiger partial charge on any atom is -0.398 e. The molecule has 21 nitrogen and oxygen atoms in total. The molecular formula is C62H179N21Si17. The highest BCUT2D eigenvalue weighted by Crippen LogP contribution is 2.31. The Morgan fingerprint density at radius 1 is 0.240 bits per heavy atom. The van der Waals surface area contributed by atoms with E-state index in [2.05, 4.69) is 385 Å². The van der Waals surface area contributed by atoms with Crippen LogP contribution in [0.1, 0.15) is 0 Å². The summed E-state index contributed by atoms with van der Waals surface area (Å²) >= 11 is 0. The zero-order valence-corrected chi connectivity index (χ0v) is 94.2. The van der Waals surface area contributed by atoms with E-state index >= 15 is 0 Å². The van der Waals surface area contributed by atoms with Gasteiger partial charge in [-0.25, -0.2) is 0 Å². The smallest absolute Gasteiger partial charge is 0.192 e. The molecule has 0 spiro atoms. The van der Waals surface area contributed by atoms with Gasteiger partial charge in [0.25, 0.3) is 0 Å². The molecule has 0 saturated heterocycles. The number of rotatable bonds is 17. The molecule has 0 radical (unpaired) electrons. The van der Waals surface area contributed by atoms with Crippen molar-refractivity contribution >= 4 is 182 Å². The molecule has 0 bridgehead atoms. The Morgan fingerprint density at radius 3 is 0.530 bits per heavy atom. The summed E-state index contributed by atoms with van der Waals surface area (Å²) in [6.45, 7) is 119. The van der Waals surface area contributed by atoms with Gasteiger partial charge in [-0.3, -0.25) is 34.1 Å². The predicted octanol–water partition coefficient (Wildman–Crippen LogP) is 17.3. The molecule has 0 aliphatic carbocycles. The van der Waals surface area contributed by atoms with Gasteiger partial charge in [0.15, 0.2) is 82.9 Å². The van der Waals surface area contributed by atoms with E-state index in [1.54, 1.807) is 9.80 Å². The average Bonchev–Trinajstić information content (AvgIpc) is 0.766. The lowest BCUT2D eigenvalue weighted by Gasteiger charge is -2.56. The van der Waals surface area contributed by atoms with Crippen LogP contribution in [0.3, 0.4) is 0 Å². The van der Waals surface area contributed by atoms with E-state index in [0.29, 0.717) is 17.9 Å². The molecule has 0 heterocycles. The lowest BCUT2D eigenvalue weighted by Crippen LogP contribution is -2.73. The topological polar surface area (TPSA) is 281 Å². The quantitative estimate of drug-likeness (QED) is 0.0368. The van der Waals surface area contributed by atoms with Gasteiger partial charge in [-0.2, -0.15) is 0 Å². The number of hydrogen-bond donors (Lipinski definition) is 10. The third-order valence-electron chi connectivity index (χ3n) is 11.3. The maximum atomic E-state index is 9.02. The van der Waals surface area contributed by atoms with E-state index in [0.717, 1.165) is 11.9 Å². The summed E-state index contributed by atoms with van der Waals surface area (Å²) < 4.78 is 34.2. The molecule has 0 rings (SSSR count). The molecule has 0 aliphatic rings. The highest BCUT2D eigenvalue weighted by atomic mass is 28.4. The maximum Gasteiger partial charge on any atom is 0.192 e. The largest absolute Gasteiger partial charge is 0.398 e. The van der Waals surface area contributed by atoms with E-state index in [1.807, 2.05) is 28.2 Å². The monoisotopic (exact) mass is 1690 g/mol. The Balaban J connectivity index is -0.000000208. The Labute approximate surface area is 642 Å². The van der Waals surface area contributed by atoms with Crippen molar-refractivity contribution in [2.75, 3.05) is 28.2 Å². The number of nitrogens with two attached hydrogens (primary N) is 4. The van der Waals surface area contributed by atoms with Crippen LogP contribution in [-0.4, -0.2) is 237 Å². The Hall–Kier alpha value is -1.42. The van der Waals surface area contributed by atoms with Crippen molar-refractivity contribution in [3.8, 4) is 0 Å². The van der Waals surface area contributed by atoms with E-state index < -0.39 is 140 Å². The van der Waals surface area contributed by atoms with Crippen molar-refractivity contribution in [2.45, 2.75) is 334 Å². The summed E-state index contributed by atoms with van der Waals surface area (Å²) in [7, 11) is -17.2. The van der Waals surface area contributed by atoms with E-state index in [4.69, 9.17) is 43.1 Å². The molecule has 0 fully saturated rings. The Morgan fingerprint density at radius 2 is 0.420 bits per heavy atom. The molecule has 0 unspecified atom stereocenters. The predicted molar refractivity (Wildman–Crippen MR) is 514 cm³/mol. The fourth-order valence-electron chi connectivity index (χ4n) is 10.6. The second kappa shape index (κ2) is 41.2. The van der Waals surface area contributed by atoms with Gasteiger partial charge in [0.05, 0.1) is 0 Å². The van der Waals surface area contributed by atoms with Crippen LogP contribution < -0.4 is 42.9 Å². The van der Waals surface area contributed by atoms with Crippen molar-refractivity contribution in [2.24, 2.45) is 46.2 Å². The van der Waals surface area contributed by atoms with Crippen LogP contribution in [0.4, 0.5) is 0 Å². The van der Waals surface area contributed by atoms with E-state index in [-0.39, 0.29) is 5.96 Å². The zero-order chi connectivity index (χ0) is 83.4. The summed E-state index contributed by atoms with van der Waals surface area (Å²) in [5.41, 5.74) is 21.8. The lowest BCUT2D eigenvalue weighted by molar-refractivity contribution is 0.478. The van der Waals surface area contributed by atoms with Crippen molar-refractivity contribution in [1.82, 2.24) is 46.7 Å². The molecule has 0 aromatic carbocycles. The highest BCUT2D eigenvalue weighted by Gasteiger charge is 2.47. The second-order valence-electron chi connectivity index (χ2n) is 43.9. The summed E-state index contributed by atoms with van der Waals surface area (Å²) in [5.74, 6) is 5.29. The molecule has 0 saturated carbocycles. The number of nitrogens with zero attached hydrogens (tertiary/aromatic N) is 11. The first kappa shape index (κ1) is 112. The molecule has 0 aliphatic heterocycles. The third-order valence-corrected chi connectivity index (χ3v) is 48.3. The fraction of sp³-hybridized carbons (Fsp3) is 0.887. The summed E-state index contributed by atoms with van der Waals surface area (Å²) in [6, 6.07) is 0. The molecule has 0 amide bonds. The van der Waals surface area contributed by atoms with E-state index in [9.17, 15) is 0 Å². The molecule has 0 aromatic rings. The van der Waals surface area contributed by atoms with Gasteiger partial charge < -0.3 is 69.6 Å². The molecule has 14 N–H and O–H groups in total. The van der Waals surface area contributed by atoms with Crippen LogP contribution in [0.5, 0.6) is 0 Å². The van der Waals surface area contributed by atoms with Gasteiger partial charge >= 0.3 is 0 Å². The van der Waals surface area contributed by atoms with Gasteiger partial charge in [0, 0.05) is 28.2 Å².